The molecule has 2 aromatic rings. The lowest BCUT2D eigenvalue weighted by Gasteiger charge is -2.26. The largest absolute Gasteiger partial charge is 0.476 e. The van der Waals surface area contributed by atoms with Crippen LogP contribution in [0, 0.1) is 0 Å². The van der Waals surface area contributed by atoms with Crippen LogP contribution < -0.4 is 16.1 Å². The Labute approximate surface area is 198 Å². The molecule has 0 saturated heterocycles. The van der Waals surface area contributed by atoms with E-state index in [1.165, 1.54) is 35.1 Å². The highest BCUT2D eigenvalue weighted by atomic mass is 19.4. The molecular formula is C23H24F3N5O4. The lowest BCUT2D eigenvalue weighted by molar-refractivity contribution is -0.138. The zero-order chi connectivity index (χ0) is 25.2. The van der Waals surface area contributed by atoms with Crippen molar-refractivity contribution in [2.45, 2.75) is 31.3 Å². The second-order valence-electron chi connectivity index (χ2n) is 8.05. The lowest BCUT2D eigenvalue weighted by Crippen LogP contribution is -2.35. The van der Waals surface area contributed by atoms with E-state index in [0.29, 0.717) is 17.4 Å². The highest BCUT2D eigenvalue weighted by molar-refractivity contribution is 5.94. The number of dihydropyridines is 1. The van der Waals surface area contributed by atoms with Gasteiger partial charge in [0.25, 0.3) is 5.91 Å². The summed E-state index contributed by atoms with van der Waals surface area (Å²) in [5.41, 5.74) is 2.69. The first-order chi connectivity index (χ1) is 16.7. The van der Waals surface area contributed by atoms with Crippen LogP contribution in [-0.2, 0) is 10.9 Å². The van der Waals surface area contributed by atoms with Gasteiger partial charge in [-0.15, -0.1) is 0 Å². The third-order valence-electron chi connectivity index (χ3n) is 5.31. The molecule has 3 heterocycles. The third kappa shape index (κ3) is 5.49. The summed E-state index contributed by atoms with van der Waals surface area (Å²) in [4.78, 5) is 17.2. The molecule has 2 aliphatic rings. The van der Waals surface area contributed by atoms with E-state index in [1.54, 1.807) is 18.2 Å². The minimum Gasteiger partial charge on any atom is -0.476 e. The van der Waals surface area contributed by atoms with Crippen LogP contribution in [0.15, 0.2) is 60.3 Å². The first-order valence-corrected chi connectivity index (χ1v) is 10.8. The summed E-state index contributed by atoms with van der Waals surface area (Å²) in [5.74, 6) is 0.116. The van der Waals surface area contributed by atoms with E-state index in [-0.39, 0.29) is 23.9 Å². The van der Waals surface area contributed by atoms with E-state index >= 15 is 0 Å². The molecule has 12 heteroatoms. The smallest absolute Gasteiger partial charge is 0.416 e. The summed E-state index contributed by atoms with van der Waals surface area (Å²) in [7, 11) is 0. The van der Waals surface area contributed by atoms with Crippen LogP contribution in [0.1, 0.15) is 40.4 Å². The van der Waals surface area contributed by atoms with Crippen LogP contribution >= 0.6 is 0 Å². The maximum Gasteiger partial charge on any atom is 0.416 e. The van der Waals surface area contributed by atoms with Gasteiger partial charge >= 0.3 is 6.18 Å². The molecule has 5 N–H and O–H groups in total. The van der Waals surface area contributed by atoms with Crippen molar-refractivity contribution >= 4 is 12.0 Å². The van der Waals surface area contributed by atoms with Gasteiger partial charge in [0, 0.05) is 17.8 Å². The molecule has 1 aromatic carbocycles. The molecule has 9 nitrogen and oxygen atoms in total. The number of carbonyl (C=O) groups is 1. The normalized spacial score (nSPS) is 20.1. The number of nitrogens with one attached hydrogen (secondary N) is 3. The average Bonchev–Trinajstić information content (AvgIpc) is 3.25. The summed E-state index contributed by atoms with van der Waals surface area (Å²) in [6.45, 7) is 1.22. The number of ether oxygens (including phenoxy) is 1. The Morgan fingerprint density at radius 2 is 2.11 bits per heavy atom. The number of carbonyl (C=O) groups excluding carboxylic acids is 1. The van der Waals surface area contributed by atoms with Crippen LogP contribution in [0.3, 0.4) is 0 Å². The third-order valence-corrected chi connectivity index (χ3v) is 5.31. The summed E-state index contributed by atoms with van der Waals surface area (Å²) in [6.07, 6.45) is 2.10. The van der Waals surface area contributed by atoms with Gasteiger partial charge in [-0.25, -0.2) is 9.66 Å². The number of hydrogen-bond donors (Lipinski definition) is 5. The maximum atomic E-state index is 13.5. The zero-order valence-corrected chi connectivity index (χ0v) is 18.6. The average molecular weight is 491 g/mol. The number of aliphatic hydroxyl groups excluding tert-OH is 2. The Balaban J connectivity index is 1.52. The molecule has 3 atom stereocenters. The molecule has 186 valence electrons. The van der Waals surface area contributed by atoms with Crippen LogP contribution in [0.25, 0.3) is 6.08 Å². The van der Waals surface area contributed by atoms with Crippen molar-refractivity contribution < 1.29 is 32.9 Å². The number of nitrogens with zero attached hydrogens (tertiary/aromatic N) is 2. The Bertz CT molecular complexity index is 1190. The molecule has 0 radical (unpaired) electrons. The van der Waals surface area contributed by atoms with Gasteiger partial charge in [-0.2, -0.15) is 13.2 Å². The van der Waals surface area contributed by atoms with E-state index in [9.17, 15) is 23.1 Å². The number of amides is 1. The van der Waals surface area contributed by atoms with Gasteiger partial charge in [0.05, 0.1) is 24.4 Å². The van der Waals surface area contributed by atoms with Crippen molar-refractivity contribution in [3.8, 4) is 0 Å². The molecule has 1 aromatic heterocycles. The van der Waals surface area contributed by atoms with Gasteiger partial charge in [-0.3, -0.25) is 4.79 Å². The standard InChI is InChI=1S/C23H24F3N5O4/c1-13-8-14(9-21(28-13)35-12-15(33)11-32)29-22(34)19-10-27-20-7-6-18(30-31(19)20)16-4-2-3-5-17(16)23(24,25)26/h2-10,13,15,18,28,30,32-33H,11-12H2,1H3,(H,29,34). The highest BCUT2D eigenvalue weighted by Crippen LogP contribution is 2.36. The van der Waals surface area contributed by atoms with Crippen LogP contribution in [0.5, 0.6) is 0 Å². The molecule has 0 aliphatic carbocycles. The van der Waals surface area contributed by atoms with E-state index in [0.717, 1.165) is 6.07 Å². The predicted molar refractivity (Wildman–Crippen MR) is 120 cm³/mol. The minimum atomic E-state index is -4.53. The molecule has 1 amide bonds. The molecule has 0 saturated carbocycles. The van der Waals surface area contributed by atoms with E-state index in [2.05, 4.69) is 21.0 Å². The molecular weight excluding hydrogens is 467 g/mol. The fraction of sp³-hybridized carbons (Fsp3) is 0.304. The van der Waals surface area contributed by atoms with Gasteiger partial charge in [0.15, 0.2) is 11.7 Å². The number of aliphatic hydroxyl groups is 2. The molecule has 2 aliphatic heterocycles. The Morgan fingerprint density at radius 3 is 2.86 bits per heavy atom. The van der Waals surface area contributed by atoms with Crippen molar-refractivity contribution in [3.05, 3.63) is 82.9 Å². The Hall–Kier alpha value is -3.77. The first-order valence-electron chi connectivity index (χ1n) is 10.8. The number of benzene rings is 1. The number of rotatable bonds is 7. The summed E-state index contributed by atoms with van der Waals surface area (Å²) >= 11 is 0. The zero-order valence-electron chi connectivity index (χ0n) is 18.6. The van der Waals surface area contributed by atoms with Crippen LogP contribution in [0.2, 0.25) is 0 Å². The number of hydrogen-bond acceptors (Lipinski definition) is 7. The van der Waals surface area contributed by atoms with E-state index in [4.69, 9.17) is 9.84 Å². The first kappa shape index (κ1) is 24.4. The Kier molecular flexibility index (Phi) is 6.85. The number of halogens is 3. The number of imidazole rings is 1. The minimum absolute atomic E-state index is 0.0200. The van der Waals surface area contributed by atoms with Gasteiger partial charge in [0.2, 0.25) is 0 Å². The molecule has 3 unspecified atom stereocenters. The Morgan fingerprint density at radius 1 is 1.34 bits per heavy atom. The van der Waals surface area contributed by atoms with Gasteiger partial charge < -0.3 is 31.0 Å². The molecule has 0 spiro atoms. The fourth-order valence-electron chi connectivity index (χ4n) is 3.70. The van der Waals surface area contributed by atoms with Crippen molar-refractivity contribution in [2.24, 2.45) is 0 Å². The number of aromatic nitrogens is 2. The van der Waals surface area contributed by atoms with Crippen LogP contribution in [-0.4, -0.2) is 51.1 Å². The molecule has 0 bridgehead atoms. The quantitative estimate of drug-likeness (QED) is 0.402. The molecule has 0 fully saturated rings. The van der Waals surface area contributed by atoms with E-state index in [1.807, 2.05) is 6.92 Å². The maximum absolute atomic E-state index is 13.5. The highest BCUT2D eigenvalue weighted by Gasteiger charge is 2.35. The topological polar surface area (TPSA) is 121 Å². The van der Waals surface area contributed by atoms with Gasteiger partial charge in [-0.1, -0.05) is 24.3 Å². The van der Waals surface area contributed by atoms with E-state index < -0.39 is 36.4 Å². The van der Waals surface area contributed by atoms with Crippen molar-refractivity contribution in [2.75, 3.05) is 18.6 Å². The second-order valence-corrected chi connectivity index (χ2v) is 8.05. The van der Waals surface area contributed by atoms with Crippen molar-refractivity contribution in [3.63, 3.8) is 0 Å². The number of fused-ring (bicyclic) bond motifs is 1. The second kappa shape index (κ2) is 9.84. The summed E-state index contributed by atoms with van der Waals surface area (Å²) in [5, 5.41) is 24.1. The molecule has 35 heavy (non-hydrogen) atoms. The van der Waals surface area contributed by atoms with Crippen molar-refractivity contribution in [1.82, 2.24) is 20.3 Å². The SMILES string of the molecule is CC1C=C(NC(=O)c2cnc3n2NC(c2ccccc2C(F)(F)F)C=C3)C=C(OCC(O)CO)N1. The van der Waals surface area contributed by atoms with Crippen LogP contribution in [0.4, 0.5) is 13.2 Å². The number of allylic oxidation sites excluding steroid dienone is 1. The number of alkyl halides is 3. The fourth-order valence-corrected chi connectivity index (χ4v) is 3.70. The predicted octanol–water partition coefficient (Wildman–Crippen LogP) is 2.03. The van der Waals surface area contributed by atoms with Gasteiger partial charge in [0.1, 0.15) is 18.4 Å². The van der Waals surface area contributed by atoms with Crippen molar-refractivity contribution in [1.29, 1.82) is 0 Å². The molecule has 4 rings (SSSR count). The van der Waals surface area contributed by atoms with Gasteiger partial charge in [-0.05, 0) is 30.7 Å². The summed E-state index contributed by atoms with van der Waals surface area (Å²) in [6, 6.07) is 4.20. The monoisotopic (exact) mass is 491 g/mol. The summed E-state index contributed by atoms with van der Waals surface area (Å²) < 4.78 is 47.3. The lowest BCUT2D eigenvalue weighted by atomic mass is 9.99.